The molecular weight excluding hydrogens is 216 g/mol. The highest BCUT2D eigenvalue weighted by Gasteiger charge is 2.09. The summed E-state index contributed by atoms with van der Waals surface area (Å²) in [7, 11) is 1.82. The molecule has 0 aliphatic carbocycles. The molecule has 0 aliphatic rings. The Labute approximate surface area is 99.3 Å². The molecule has 0 fully saturated rings. The molecule has 3 N–H and O–H groups in total. The van der Waals surface area contributed by atoms with Crippen LogP contribution in [0.2, 0.25) is 0 Å². The summed E-state index contributed by atoms with van der Waals surface area (Å²) in [6.07, 6.45) is 3.25. The third kappa shape index (κ3) is 2.44. The molecule has 0 saturated heterocycles. The Balaban J connectivity index is 2.15. The Morgan fingerprint density at radius 2 is 2.24 bits per heavy atom. The zero-order valence-corrected chi connectivity index (χ0v) is 9.77. The number of aromatic nitrogens is 2. The quantitative estimate of drug-likeness (QED) is 0.769. The molecule has 5 heteroatoms. The normalized spacial score (nSPS) is 10.2. The molecule has 1 aromatic carbocycles. The van der Waals surface area contributed by atoms with E-state index in [9.17, 15) is 4.79 Å². The molecule has 0 unspecified atom stereocenters. The fourth-order valence-electron chi connectivity index (χ4n) is 1.48. The van der Waals surface area contributed by atoms with Crippen molar-refractivity contribution in [3.63, 3.8) is 0 Å². The number of carbonyl (C=O) groups excluding carboxylic acids is 1. The fraction of sp³-hybridized carbons (Fsp3) is 0.167. The Morgan fingerprint density at radius 1 is 1.47 bits per heavy atom. The maximum Gasteiger partial charge on any atom is 0.275 e. The van der Waals surface area contributed by atoms with Crippen LogP contribution in [0.1, 0.15) is 16.1 Å². The molecule has 5 nitrogen and oxygen atoms in total. The van der Waals surface area contributed by atoms with Crippen LogP contribution in [-0.4, -0.2) is 15.5 Å². The molecule has 88 valence electrons. The molecular formula is C12H14N4O. The molecule has 1 heterocycles. The van der Waals surface area contributed by atoms with E-state index in [2.05, 4.69) is 10.3 Å². The maximum absolute atomic E-state index is 11.8. The van der Waals surface area contributed by atoms with Gasteiger partial charge in [-0.1, -0.05) is 0 Å². The van der Waals surface area contributed by atoms with Crippen molar-refractivity contribution in [3.8, 4) is 0 Å². The molecule has 0 radical (unpaired) electrons. The number of imidazole rings is 1. The fourth-order valence-corrected chi connectivity index (χ4v) is 1.48. The van der Waals surface area contributed by atoms with Crippen molar-refractivity contribution in [2.45, 2.75) is 6.92 Å². The highest BCUT2D eigenvalue weighted by atomic mass is 16.1. The van der Waals surface area contributed by atoms with Crippen LogP contribution >= 0.6 is 0 Å². The second-order valence-corrected chi connectivity index (χ2v) is 3.95. The van der Waals surface area contributed by atoms with Crippen molar-refractivity contribution in [2.75, 3.05) is 11.1 Å². The molecule has 0 saturated carbocycles. The van der Waals surface area contributed by atoms with Crippen LogP contribution in [0.5, 0.6) is 0 Å². The van der Waals surface area contributed by atoms with Gasteiger partial charge in [0.05, 0.1) is 6.33 Å². The highest BCUT2D eigenvalue weighted by Crippen LogP contribution is 2.17. The van der Waals surface area contributed by atoms with Gasteiger partial charge in [-0.05, 0) is 30.7 Å². The SMILES string of the molecule is Cc1cc(NC(=O)c2cn(C)cn2)ccc1N. The lowest BCUT2D eigenvalue weighted by molar-refractivity contribution is 0.102. The van der Waals surface area contributed by atoms with E-state index in [4.69, 9.17) is 5.73 Å². The van der Waals surface area contributed by atoms with E-state index in [-0.39, 0.29) is 5.91 Å². The smallest absolute Gasteiger partial charge is 0.275 e. The van der Waals surface area contributed by atoms with Crippen LogP contribution in [0.15, 0.2) is 30.7 Å². The van der Waals surface area contributed by atoms with Crippen LogP contribution < -0.4 is 11.1 Å². The third-order valence-corrected chi connectivity index (χ3v) is 2.47. The lowest BCUT2D eigenvalue weighted by Crippen LogP contribution is -2.12. The maximum atomic E-state index is 11.8. The van der Waals surface area contributed by atoms with E-state index < -0.39 is 0 Å². The van der Waals surface area contributed by atoms with Crippen LogP contribution in [0.3, 0.4) is 0 Å². The van der Waals surface area contributed by atoms with E-state index in [0.717, 1.165) is 5.56 Å². The van der Waals surface area contributed by atoms with Crippen molar-refractivity contribution < 1.29 is 4.79 Å². The first-order chi connectivity index (χ1) is 8.06. The molecule has 17 heavy (non-hydrogen) atoms. The van der Waals surface area contributed by atoms with Crippen molar-refractivity contribution in [1.82, 2.24) is 9.55 Å². The van der Waals surface area contributed by atoms with Crippen LogP contribution in [0.4, 0.5) is 11.4 Å². The number of hydrogen-bond donors (Lipinski definition) is 2. The van der Waals surface area contributed by atoms with E-state index in [1.807, 2.05) is 20.0 Å². The minimum atomic E-state index is -0.227. The van der Waals surface area contributed by atoms with Gasteiger partial charge in [0.15, 0.2) is 0 Å². The minimum absolute atomic E-state index is 0.227. The van der Waals surface area contributed by atoms with E-state index in [1.165, 1.54) is 0 Å². The molecule has 0 spiro atoms. The Bertz CT molecular complexity index is 559. The average molecular weight is 230 g/mol. The van der Waals surface area contributed by atoms with Crippen molar-refractivity contribution in [2.24, 2.45) is 7.05 Å². The Hall–Kier alpha value is -2.30. The first-order valence-corrected chi connectivity index (χ1v) is 5.21. The Morgan fingerprint density at radius 3 is 2.82 bits per heavy atom. The molecule has 0 bridgehead atoms. The highest BCUT2D eigenvalue weighted by molar-refractivity contribution is 6.02. The number of aryl methyl sites for hydroxylation is 2. The summed E-state index contributed by atoms with van der Waals surface area (Å²) in [6.45, 7) is 1.89. The first-order valence-electron chi connectivity index (χ1n) is 5.21. The lowest BCUT2D eigenvalue weighted by atomic mass is 10.2. The minimum Gasteiger partial charge on any atom is -0.399 e. The molecule has 0 atom stereocenters. The number of carbonyl (C=O) groups is 1. The van der Waals surface area contributed by atoms with Gasteiger partial charge in [-0.15, -0.1) is 0 Å². The van der Waals surface area contributed by atoms with Crippen molar-refractivity contribution >= 4 is 17.3 Å². The largest absolute Gasteiger partial charge is 0.399 e. The zero-order chi connectivity index (χ0) is 12.4. The average Bonchev–Trinajstić information content (AvgIpc) is 2.70. The van der Waals surface area contributed by atoms with Gasteiger partial charge in [-0.25, -0.2) is 4.98 Å². The van der Waals surface area contributed by atoms with Gasteiger partial charge in [0.2, 0.25) is 0 Å². The summed E-state index contributed by atoms with van der Waals surface area (Å²) in [5, 5.41) is 2.77. The second kappa shape index (κ2) is 4.29. The van der Waals surface area contributed by atoms with Crippen LogP contribution in [-0.2, 0) is 7.05 Å². The molecule has 0 aliphatic heterocycles. The number of nitrogen functional groups attached to an aromatic ring is 1. The number of nitrogens with zero attached hydrogens (tertiary/aromatic N) is 2. The summed E-state index contributed by atoms with van der Waals surface area (Å²) in [4.78, 5) is 15.8. The number of nitrogens with two attached hydrogens (primary N) is 1. The Kier molecular flexibility index (Phi) is 2.82. The van der Waals surface area contributed by atoms with E-state index in [0.29, 0.717) is 17.1 Å². The van der Waals surface area contributed by atoms with E-state index in [1.54, 1.807) is 29.2 Å². The molecule has 2 rings (SSSR count). The summed E-state index contributed by atoms with van der Waals surface area (Å²) >= 11 is 0. The predicted molar refractivity (Wildman–Crippen MR) is 66.8 cm³/mol. The third-order valence-electron chi connectivity index (χ3n) is 2.47. The van der Waals surface area contributed by atoms with Gasteiger partial charge in [-0.2, -0.15) is 0 Å². The number of anilines is 2. The number of hydrogen-bond acceptors (Lipinski definition) is 3. The summed E-state index contributed by atoms with van der Waals surface area (Å²) < 4.78 is 1.73. The summed E-state index contributed by atoms with van der Waals surface area (Å²) in [6, 6.07) is 5.36. The van der Waals surface area contributed by atoms with Gasteiger partial charge < -0.3 is 15.6 Å². The molecule has 1 amide bonds. The summed E-state index contributed by atoms with van der Waals surface area (Å²) in [5.41, 5.74) is 8.45. The van der Waals surface area contributed by atoms with Crippen LogP contribution in [0, 0.1) is 6.92 Å². The lowest BCUT2D eigenvalue weighted by Gasteiger charge is -2.05. The predicted octanol–water partition coefficient (Wildman–Crippen LogP) is 1.56. The van der Waals surface area contributed by atoms with Crippen LogP contribution in [0.25, 0.3) is 0 Å². The number of amides is 1. The number of benzene rings is 1. The van der Waals surface area contributed by atoms with Gasteiger partial charge in [-0.3, -0.25) is 4.79 Å². The van der Waals surface area contributed by atoms with Gasteiger partial charge in [0.25, 0.3) is 5.91 Å². The number of nitrogens with one attached hydrogen (secondary N) is 1. The molecule has 2 aromatic rings. The number of rotatable bonds is 2. The monoisotopic (exact) mass is 230 g/mol. The van der Waals surface area contributed by atoms with Gasteiger partial charge in [0, 0.05) is 24.6 Å². The zero-order valence-electron chi connectivity index (χ0n) is 9.77. The van der Waals surface area contributed by atoms with Gasteiger partial charge in [0.1, 0.15) is 5.69 Å². The van der Waals surface area contributed by atoms with Crippen molar-refractivity contribution in [3.05, 3.63) is 42.0 Å². The second-order valence-electron chi connectivity index (χ2n) is 3.95. The van der Waals surface area contributed by atoms with Gasteiger partial charge >= 0.3 is 0 Å². The first kappa shape index (κ1) is 11.2. The molecule has 1 aromatic heterocycles. The standard InChI is InChI=1S/C12H14N4O/c1-8-5-9(3-4-10(8)13)15-12(17)11-6-16(2)7-14-11/h3-7H,13H2,1-2H3,(H,15,17). The summed E-state index contributed by atoms with van der Waals surface area (Å²) in [5.74, 6) is -0.227. The van der Waals surface area contributed by atoms with Crippen molar-refractivity contribution in [1.29, 1.82) is 0 Å². The topological polar surface area (TPSA) is 72.9 Å². The van der Waals surface area contributed by atoms with E-state index >= 15 is 0 Å².